The summed E-state index contributed by atoms with van der Waals surface area (Å²) in [5.41, 5.74) is 2.79. The SMILES string of the molecule is CC(C)(O)C1CCC(NC(=O)c2cnc(-c3cnn4cc(C#N)cnc34)cc2NC2COC2)CC1. The van der Waals surface area contributed by atoms with Crippen molar-refractivity contribution in [3.63, 3.8) is 0 Å². The highest BCUT2D eigenvalue weighted by atomic mass is 16.5. The highest BCUT2D eigenvalue weighted by molar-refractivity contribution is 6.00. The number of rotatable bonds is 6. The highest BCUT2D eigenvalue weighted by Crippen LogP contribution is 2.33. The van der Waals surface area contributed by atoms with Crippen LogP contribution >= 0.6 is 0 Å². The summed E-state index contributed by atoms with van der Waals surface area (Å²) in [5, 5.41) is 30.3. The van der Waals surface area contributed by atoms with Gasteiger partial charge in [0.1, 0.15) is 6.07 Å². The number of nitriles is 1. The van der Waals surface area contributed by atoms with Gasteiger partial charge in [0, 0.05) is 18.4 Å². The summed E-state index contributed by atoms with van der Waals surface area (Å²) in [5.74, 6) is 0.0753. The summed E-state index contributed by atoms with van der Waals surface area (Å²) in [4.78, 5) is 22.2. The van der Waals surface area contributed by atoms with Gasteiger partial charge in [0.25, 0.3) is 5.91 Å². The number of carbonyl (C=O) groups is 1. The van der Waals surface area contributed by atoms with Crippen molar-refractivity contribution in [2.75, 3.05) is 18.5 Å². The summed E-state index contributed by atoms with van der Waals surface area (Å²) in [6.45, 7) is 4.87. The molecule has 0 unspecified atom stereocenters. The standard InChI is InChI=1S/C25H29N7O3/c1-25(2,34)16-3-5-17(6-4-16)31-24(33)20-10-27-21(7-22(20)30-18-13-35-14-18)19-11-29-32-12-15(8-26)9-28-23(19)32/h7,9-12,16-18,34H,3-6,13-14H2,1-2H3,(H,27,30)(H,31,33). The molecule has 3 aromatic rings. The van der Waals surface area contributed by atoms with Crippen LogP contribution in [0.25, 0.3) is 16.9 Å². The van der Waals surface area contributed by atoms with Gasteiger partial charge in [-0.1, -0.05) is 0 Å². The molecule has 3 aromatic heterocycles. The molecule has 2 fully saturated rings. The zero-order valence-electron chi connectivity index (χ0n) is 19.9. The van der Waals surface area contributed by atoms with Crippen molar-refractivity contribution in [1.29, 1.82) is 5.26 Å². The van der Waals surface area contributed by atoms with E-state index in [0.717, 1.165) is 25.7 Å². The lowest BCUT2D eigenvalue weighted by atomic mass is 9.77. The van der Waals surface area contributed by atoms with Crippen molar-refractivity contribution in [2.45, 2.75) is 57.2 Å². The zero-order chi connectivity index (χ0) is 24.6. The average molecular weight is 476 g/mol. The number of hydrogen-bond acceptors (Lipinski definition) is 8. The molecule has 10 heteroatoms. The van der Waals surface area contributed by atoms with Crippen LogP contribution < -0.4 is 10.6 Å². The van der Waals surface area contributed by atoms with E-state index in [1.54, 1.807) is 23.1 Å². The van der Waals surface area contributed by atoms with E-state index < -0.39 is 5.60 Å². The molecule has 4 heterocycles. The van der Waals surface area contributed by atoms with Gasteiger partial charge >= 0.3 is 0 Å². The minimum absolute atomic E-state index is 0.0683. The summed E-state index contributed by atoms with van der Waals surface area (Å²) in [6.07, 6.45) is 9.79. The summed E-state index contributed by atoms with van der Waals surface area (Å²) in [7, 11) is 0. The third-order valence-corrected chi connectivity index (χ3v) is 6.97. The fraction of sp³-hybridized carbons (Fsp3) is 0.480. The number of pyridine rings is 1. The smallest absolute Gasteiger partial charge is 0.255 e. The molecular formula is C25H29N7O3. The van der Waals surface area contributed by atoms with Crippen molar-refractivity contribution < 1.29 is 14.6 Å². The van der Waals surface area contributed by atoms with E-state index in [9.17, 15) is 9.90 Å². The number of amides is 1. The van der Waals surface area contributed by atoms with E-state index >= 15 is 0 Å². The van der Waals surface area contributed by atoms with Crippen molar-refractivity contribution in [3.05, 3.63) is 42.0 Å². The van der Waals surface area contributed by atoms with E-state index in [1.807, 2.05) is 19.9 Å². The van der Waals surface area contributed by atoms with Gasteiger partial charge in [0.2, 0.25) is 0 Å². The fourth-order valence-corrected chi connectivity index (χ4v) is 4.76. The third kappa shape index (κ3) is 4.83. The Kier molecular flexibility index (Phi) is 6.13. The number of nitrogens with zero attached hydrogens (tertiary/aromatic N) is 5. The second kappa shape index (κ2) is 9.24. The van der Waals surface area contributed by atoms with Crippen molar-refractivity contribution in [2.24, 2.45) is 5.92 Å². The first kappa shape index (κ1) is 23.2. The quantitative estimate of drug-likeness (QED) is 0.495. The minimum Gasteiger partial charge on any atom is -0.390 e. The average Bonchev–Trinajstić information content (AvgIpc) is 3.24. The Morgan fingerprint density at radius 2 is 1.94 bits per heavy atom. The van der Waals surface area contributed by atoms with Crippen LogP contribution in [0, 0.1) is 17.2 Å². The fourth-order valence-electron chi connectivity index (χ4n) is 4.76. The number of ether oxygens (including phenoxy) is 1. The number of nitrogens with one attached hydrogen (secondary N) is 2. The molecule has 10 nitrogen and oxygen atoms in total. The minimum atomic E-state index is -0.695. The lowest BCUT2D eigenvalue weighted by molar-refractivity contribution is -0.00257. The van der Waals surface area contributed by atoms with E-state index in [-0.39, 0.29) is 23.9 Å². The maximum absolute atomic E-state index is 13.2. The Balaban J connectivity index is 1.38. The van der Waals surface area contributed by atoms with E-state index in [1.165, 1.54) is 6.20 Å². The molecule has 1 aliphatic heterocycles. The van der Waals surface area contributed by atoms with Crippen LogP contribution in [0.1, 0.15) is 55.5 Å². The van der Waals surface area contributed by atoms with Gasteiger partial charge in [0.15, 0.2) is 5.65 Å². The van der Waals surface area contributed by atoms with E-state index in [0.29, 0.717) is 46.9 Å². The van der Waals surface area contributed by atoms with Crippen LogP contribution in [0.5, 0.6) is 0 Å². The Hall–Kier alpha value is -3.55. The predicted octanol–water partition coefficient (Wildman–Crippen LogP) is 2.53. The monoisotopic (exact) mass is 475 g/mol. The Labute approximate surface area is 203 Å². The van der Waals surface area contributed by atoms with Crippen LogP contribution in [0.15, 0.2) is 30.9 Å². The Morgan fingerprint density at radius 1 is 1.17 bits per heavy atom. The first-order chi connectivity index (χ1) is 16.8. The van der Waals surface area contributed by atoms with Crippen LogP contribution in [-0.2, 0) is 4.74 Å². The molecule has 182 valence electrons. The van der Waals surface area contributed by atoms with Gasteiger partial charge < -0.3 is 20.5 Å². The number of aliphatic hydroxyl groups is 1. The van der Waals surface area contributed by atoms with Gasteiger partial charge in [-0.3, -0.25) is 9.78 Å². The number of carbonyl (C=O) groups excluding carboxylic acids is 1. The zero-order valence-corrected chi connectivity index (χ0v) is 19.9. The second-order valence-electron chi connectivity index (χ2n) is 9.95. The number of hydrogen-bond donors (Lipinski definition) is 3. The van der Waals surface area contributed by atoms with Crippen molar-refractivity contribution in [1.82, 2.24) is 24.9 Å². The topological polar surface area (TPSA) is 137 Å². The highest BCUT2D eigenvalue weighted by Gasteiger charge is 2.32. The Bertz CT molecular complexity index is 1280. The first-order valence-electron chi connectivity index (χ1n) is 11.9. The maximum atomic E-state index is 13.2. The predicted molar refractivity (Wildman–Crippen MR) is 129 cm³/mol. The largest absolute Gasteiger partial charge is 0.390 e. The Morgan fingerprint density at radius 3 is 2.60 bits per heavy atom. The summed E-state index contributed by atoms with van der Waals surface area (Å²) >= 11 is 0. The van der Waals surface area contributed by atoms with Gasteiger partial charge in [-0.25, -0.2) is 9.50 Å². The molecule has 5 rings (SSSR count). The molecule has 1 amide bonds. The van der Waals surface area contributed by atoms with Gasteiger partial charge in [-0.2, -0.15) is 10.4 Å². The molecule has 1 aliphatic carbocycles. The molecular weight excluding hydrogens is 446 g/mol. The molecule has 3 N–H and O–H groups in total. The van der Waals surface area contributed by atoms with Crippen LogP contribution in [0.3, 0.4) is 0 Å². The van der Waals surface area contributed by atoms with Crippen LogP contribution in [0.4, 0.5) is 5.69 Å². The van der Waals surface area contributed by atoms with Crippen molar-refractivity contribution in [3.8, 4) is 17.3 Å². The van der Waals surface area contributed by atoms with E-state index in [2.05, 4.69) is 31.8 Å². The molecule has 35 heavy (non-hydrogen) atoms. The molecule has 0 spiro atoms. The number of aromatic nitrogens is 4. The molecule has 0 aromatic carbocycles. The molecule has 2 aliphatic rings. The van der Waals surface area contributed by atoms with Gasteiger partial charge in [-0.15, -0.1) is 0 Å². The van der Waals surface area contributed by atoms with Gasteiger partial charge in [-0.05, 0) is 51.5 Å². The lowest BCUT2D eigenvalue weighted by Gasteiger charge is -2.36. The van der Waals surface area contributed by atoms with Crippen LogP contribution in [-0.4, -0.2) is 61.5 Å². The summed E-state index contributed by atoms with van der Waals surface area (Å²) < 4.78 is 6.85. The van der Waals surface area contributed by atoms with Crippen LogP contribution in [0.2, 0.25) is 0 Å². The molecule has 0 bridgehead atoms. The molecule has 1 saturated carbocycles. The number of fused-ring (bicyclic) bond motifs is 1. The molecule has 0 atom stereocenters. The lowest BCUT2D eigenvalue weighted by Crippen LogP contribution is -2.43. The molecule has 1 saturated heterocycles. The third-order valence-electron chi connectivity index (χ3n) is 6.97. The number of anilines is 1. The second-order valence-corrected chi connectivity index (χ2v) is 9.95. The molecule has 0 radical (unpaired) electrons. The normalized spacial score (nSPS) is 20.7. The summed E-state index contributed by atoms with van der Waals surface area (Å²) in [6, 6.07) is 4.09. The first-order valence-corrected chi connectivity index (χ1v) is 11.9. The van der Waals surface area contributed by atoms with Crippen molar-refractivity contribution >= 4 is 17.2 Å². The maximum Gasteiger partial charge on any atom is 0.255 e. The van der Waals surface area contributed by atoms with Gasteiger partial charge in [0.05, 0.1) is 65.3 Å². The van der Waals surface area contributed by atoms with E-state index in [4.69, 9.17) is 10.00 Å².